The molecule has 21 heavy (non-hydrogen) atoms. The predicted molar refractivity (Wildman–Crippen MR) is 81.5 cm³/mol. The lowest BCUT2D eigenvalue weighted by Crippen LogP contribution is -2.01. The van der Waals surface area contributed by atoms with E-state index in [1.807, 2.05) is 18.2 Å². The summed E-state index contributed by atoms with van der Waals surface area (Å²) < 4.78 is 22.8. The Morgan fingerprint density at radius 1 is 1.00 bits per heavy atom. The van der Waals surface area contributed by atoms with Gasteiger partial charge in [0.05, 0.1) is 10.5 Å². The zero-order valence-electron chi connectivity index (χ0n) is 11.4. The molecule has 2 aromatic rings. The second kappa shape index (κ2) is 5.93. The predicted octanol–water partition coefficient (Wildman–Crippen LogP) is 2.72. The molecule has 5 heteroatoms. The van der Waals surface area contributed by atoms with Crippen LogP contribution in [-0.2, 0) is 14.6 Å². The minimum Gasteiger partial charge on any atom is -0.478 e. The minimum atomic E-state index is -3.29. The van der Waals surface area contributed by atoms with Crippen LogP contribution in [0.25, 0.3) is 11.6 Å². The molecule has 0 aromatic heterocycles. The molecule has 0 bridgehead atoms. The third kappa shape index (κ3) is 3.79. The Labute approximate surface area is 123 Å². The van der Waals surface area contributed by atoms with Gasteiger partial charge >= 0.3 is 5.97 Å². The van der Waals surface area contributed by atoms with Crippen LogP contribution in [0.4, 0.5) is 0 Å². The molecule has 1 N–H and O–H groups in total. The summed E-state index contributed by atoms with van der Waals surface area (Å²) in [6.07, 6.45) is 2.66. The Morgan fingerprint density at radius 2 is 1.57 bits per heavy atom. The molecule has 2 aromatic carbocycles. The summed E-state index contributed by atoms with van der Waals surface area (Å²) in [7, 11) is -3.29. The van der Waals surface area contributed by atoms with Crippen molar-refractivity contribution in [2.45, 2.75) is 4.90 Å². The van der Waals surface area contributed by atoms with Crippen LogP contribution in [0.2, 0.25) is 0 Å². The van der Waals surface area contributed by atoms with Crippen LogP contribution in [-0.4, -0.2) is 25.7 Å². The molecule has 108 valence electrons. The number of aliphatic carboxylic acids is 1. The average Bonchev–Trinajstić information content (AvgIpc) is 2.45. The molecule has 0 heterocycles. The number of hydrogen-bond acceptors (Lipinski definition) is 3. The van der Waals surface area contributed by atoms with Gasteiger partial charge in [0.2, 0.25) is 0 Å². The van der Waals surface area contributed by atoms with E-state index in [1.54, 1.807) is 18.2 Å². The summed E-state index contributed by atoms with van der Waals surface area (Å²) in [5.41, 5.74) is 1.34. The van der Waals surface area contributed by atoms with Gasteiger partial charge in [0, 0.05) is 6.26 Å². The molecular weight excluding hydrogens is 288 g/mol. The maximum Gasteiger partial charge on any atom is 0.336 e. The van der Waals surface area contributed by atoms with Crippen molar-refractivity contribution in [3.8, 4) is 0 Å². The van der Waals surface area contributed by atoms with Crippen molar-refractivity contribution in [3.05, 3.63) is 65.7 Å². The van der Waals surface area contributed by atoms with Crippen molar-refractivity contribution < 1.29 is 18.3 Å². The first kappa shape index (κ1) is 15.0. The molecule has 0 unspecified atom stereocenters. The van der Waals surface area contributed by atoms with Crippen LogP contribution in [0.5, 0.6) is 0 Å². The van der Waals surface area contributed by atoms with Crippen molar-refractivity contribution in [2.75, 3.05) is 6.26 Å². The van der Waals surface area contributed by atoms with Crippen LogP contribution >= 0.6 is 0 Å². The molecule has 0 saturated heterocycles. The number of carbonyl (C=O) groups is 1. The molecular formula is C16H14O4S. The number of hydrogen-bond donors (Lipinski definition) is 1. The smallest absolute Gasteiger partial charge is 0.336 e. The summed E-state index contributed by atoms with van der Waals surface area (Å²) in [4.78, 5) is 11.6. The molecule has 0 radical (unpaired) electrons. The molecule has 0 atom stereocenters. The Hall–Kier alpha value is -2.40. The standard InChI is InChI=1S/C16H14O4S/c1-21(19,20)14-9-7-13(8-10-14)15(16(17)18)11-12-5-3-2-4-6-12/h2-11H,1H3,(H,17,18)/b15-11+. The zero-order chi connectivity index (χ0) is 15.5. The minimum absolute atomic E-state index is 0.112. The zero-order valence-corrected chi connectivity index (χ0v) is 12.2. The van der Waals surface area contributed by atoms with Gasteiger partial charge in [-0.25, -0.2) is 13.2 Å². The van der Waals surface area contributed by atoms with E-state index in [-0.39, 0.29) is 10.5 Å². The molecule has 4 nitrogen and oxygen atoms in total. The first-order valence-corrected chi connectivity index (χ1v) is 8.07. The molecule has 2 rings (SSSR count). The second-order valence-electron chi connectivity index (χ2n) is 4.57. The quantitative estimate of drug-likeness (QED) is 0.696. The molecule has 0 aliphatic carbocycles. The van der Waals surface area contributed by atoms with Crippen LogP contribution in [0.15, 0.2) is 59.5 Å². The van der Waals surface area contributed by atoms with E-state index in [2.05, 4.69) is 0 Å². The lowest BCUT2D eigenvalue weighted by molar-refractivity contribution is -0.130. The number of rotatable bonds is 4. The summed E-state index contributed by atoms with van der Waals surface area (Å²) >= 11 is 0. The van der Waals surface area contributed by atoms with E-state index < -0.39 is 15.8 Å². The van der Waals surface area contributed by atoms with Crippen LogP contribution in [0.3, 0.4) is 0 Å². The van der Waals surface area contributed by atoms with Gasteiger partial charge in [0.1, 0.15) is 0 Å². The Kier molecular flexibility index (Phi) is 4.23. The number of carboxylic acid groups (broad SMARTS) is 1. The molecule has 0 fully saturated rings. The summed E-state index contributed by atoms with van der Waals surface area (Å²) in [5.74, 6) is -1.06. The van der Waals surface area contributed by atoms with Crippen molar-refractivity contribution in [3.63, 3.8) is 0 Å². The van der Waals surface area contributed by atoms with E-state index in [0.29, 0.717) is 5.56 Å². The Balaban J connectivity index is 2.45. The van der Waals surface area contributed by atoms with Gasteiger partial charge in [-0.15, -0.1) is 0 Å². The average molecular weight is 302 g/mol. The lowest BCUT2D eigenvalue weighted by Gasteiger charge is -2.05. The normalized spacial score (nSPS) is 12.1. The Bertz CT molecular complexity index is 773. The molecule has 0 aliphatic rings. The van der Waals surface area contributed by atoms with Crippen molar-refractivity contribution in [1.82, 2.24) is 0 Å². The van der Waals surface area contributed by atoms with Crippen molar-refractivity contribution in [1.29, 1.82) is 0 Å². The van der Waals surface area contributed by atoms with Crippen molar-refractivity contribution >= 4 is 27.5 Å². The van der Waals surface area contributed by atoms with E-state index in [9.17, 15) is 18.3 Å². The second-order valence-corrected chi connectivity index (χ2v) is 6.59. The monoisotopic (exact) mass is 302 g/mol. The lowest BCUT2D eigenvalue weighted by atomic mass is 10.0. The fourth-order valence-corrected chi connectivity index (χ4v) is 2.50. The molecule has 0 amide bonds. The van der Waals surface area contributed by atoms with Crippen LogP contribution < -0.4 is 0 Å². The molecule has 0 saturated carbocycles. The van der Waals surface area contributed by atoms with Gasteiger partial charge in [-0.1, -0.05) is 42.5 Å². The third-order valence-electron chi connectivity index (χ3n) is 2.93. The largest absolute Gasteiger partial charge is 0.478 e. The molecule has 0 aliphatic heterocycles. The summed E-state index contributed by atoms with van der Waals surface area (Å²) in [6.45, 7) is 0. The number of carboxylic acids is 1. The fourth-order valence-electron chi connectivity index (χ4n) is 1.87. The molecule has 0 spiro atoms. The van der Waals surface area contributed by atoms with Crippen LogP contribution in [0.1, 0.15) is 11.1 Å². The van der Waals surface area contributed by atoms with Gasteiger partial charge in [-0.05, 0) is 29.3 Å². The first-order chi connectivity index (χ1) is 9.88. The van der Waals surface area contributed by atoms with Gasteiger partial charge in [-0.2, -0.15) is 0 Å². The van der Waals surface area contributed by atoms with Crippen LogP contribution in [0, 0.1) is 0 Å². The first-order valence-electron chi connectivity index (χ1n) is 6.18. The number of sulfone groups is 1. The van der Waals surface area contributed by atoms with E-state index in [4.69, 9.17) is 0 Å². The van der Waals surface area contributed by atoms with Gasteiger partial charge < -0.3 is 5.11 Å². The summed E-state index contributed by atoms with van der Waals surface area (Å²) in [6, 6.07) is 14.9. The maximum atomic E-state index is 11.4. The van der Waals surface area contributed by atoms with E-state index >= 15 is 0 Å². The number of benzene rings is 2. The highest BCUT2D eigenvalue weighted by molar-refractivity contribution is 7.90. The van der Waals surface area contributed by atoms with Gasteiger partial charge in [-0.3, -0.25) is 0 Å². The van der Waals surface area contributed by atoms with Gasteiger partial charge in [0.25, 0.3) is 0 Å². The SMILES string of the molecule is CS(=O)(=O)c1ccc(/C(=C\c2ccccc2)C(=O)O)cc1. The highest BCUT2D eigenvalue weighted by atomic mass is 32.2. The maximum absolute atomic E-state index is 11.4. The highest BCUT2D eigenvalue weighted by Crippen LogP contribution is 2.20. The summed E-state index contributed by atoms with van der Waals surface area (Å²) in [5, 5.41) is 9.33. The van der Waals surface area contributed by atoms with E-state index in [0.717, 1.165) is 11.8 Å². The third-order valence-corrected chi connectivity index (χ3v) is 4.06. The topological polar surface area (TPSA) is 71.4 Å². The Morgan fingerprint density at radius 3 is 2.05 bits per heavy atom. The van der Waals surface area contributed by atoms with Gasteiger partial charge in [0.15, 0.2) is 9.84 Å². The fraction of sp³-hybridized carbons (Fsp3) is 0.0625. The van der Waals surface area contributed by atoms with E-state index in [1.165, 1.54) is 24.3 Å². The highest BCUT2D eigenvalue weighted by Gasteiger charge is 2.12. The van der Waals surface area contributed by atoms with Crippen molar-refractivity contribution in [2.24, 2.45) is 0 Å².